The summed E-state index contributed by atoms with van der Waals surface area (Å²) in [5, 5.41) is 10.4. The highest BCUT2D eigenvalue weighted by molar-refractivity contribution is 6.33. The molecule has 0 aliphatic rings. The molecule has 0 aromatic carbocycles. The minimum Gasteiger partial charge on any atom is -0.462 e. The first kappa shape index (κ1) is 11.4. The van der Waals surface area contributed by atoms with Crippen LogP contribution < -0.4 is 0 Å². The molecule has 0 fully saturated rings. The molecule has 0 bridgehead atoms. The van der Waals surface area contributed by atoms with E-state index in [1.165, 1.54) is 0 Å². The van der Waals surface area contributed by atoms with Crippen LogP contribution in [0.4, 0.5) is 5.82 Å². The van der Waals surface area contributed by atoms with Gasteiger partial charge < -0.3 is 14.9 Å². The van der Waals surface area contributed by atoms with E-state index >= 15 is 0 Å². The van der Waals surface area contributed by atoms with Crippen molar-refractivity contribution in [3.05, 3.63) is 33.0 Å². The van der Waals surface area contributed by atoms with E-state index < -0.39 is 16.7 Å². The van der Waals surface area contributed by atoms with Gasteiger partial charge in [-0.15, -0.1) is 0 Å². The van der Waals surface area contributed by atoms with Gasteiger partial charge in [0.2, 0.25) is 0 Å². The summed E-state index contributed by atoms with van der Waals surface area (Å²) in [6, 6.07) is 0.986. The molecule has 1 heterocycles. The molecule has 1 aromatic rings. The fourth-order valence-electron chi connectivity index (χ4n) is 0.893. The van der Waals surface area contributed by atoms with Crippen molar-refractivity contribution in [2.45, 2.75) is 6.92 Å². The Kier molecular flexibility index (Phi) is 3.56. The molecule has 7 heteroatoms. The standard InChI is InChI=1S/C8H7ClN2O4/c1-2-15-8(12)5-3-7(11(13)14)10-4-6(5)9/h3-4H,2H2,1H3. The molecule has 1 rings (SSSR count). The van der Waals surface area contributed by atoms with Crippen molar-refractivity contribution in [2.24, 2.45) is 0 Å². The van der Waals surface area contributed by atoms with Crippen LogP contribution in [0.1, 0.15) is 17.3 Å². The Morgan fingerprint density at radius 3 is 2.93 bits per heavy atom. The van der Waals surface area contributed by atoms with Crippen LogP contribution in [0, 0.1) is 10.1 Å². The summed E-state index contributed by atoms with van der Waals surface area (Å²) in [5.41, 5.74) is -0.0554. The van der Waals surface area contributed by atoms with Gasteiger partial charge in [-0.3, -0.25) is 0 Å². The summed E-state index contributed by atoms with van der Waals surface area (Å²) in [7, 11) is 0. The highest BCUT2D eigenvalue weighted by Crippen LogP contribution is 2.19. The first-order valence-electron chi connectivity index (χ1n) is 4.03. The third kappa shape index (κ3) is 2.63. The number of carbonyl (C=O) groups excluding carboxylic acids is 1. The molecule has 1 aromatic heterocycles. The second kappa shape index (κ2) is 4.70. The second-order valence-electron chi connectivity index (χ2n) is 2.50. The zero-order valence-electron chi connectivity index (χ0n) is 7.77. The van der Waals surface area contributed by atoms with Crippen LogP contribution in [0.15, 0.2) is 12.3 Å². The van der Waals surface area contributed by atoms with Crippen molar-refractivity contribution in [3.8, 4) is 0 Å². The zero-order chi connectivity index (χ0) is 11.4. The van der Waals surface area contributed by atoms with Gasteiger partial charge in [-0.25, -0.2) is 4.79 Å². The van der Waals surface area contributed by atoms with Crippen LogP contribution in [-0.4, -0.2) is 22.5 Å². The Hall–Kier alpha value is -1.69. The molecule has 0 unspecified atom stereocenters. The lowest BCUT2D eigenvalue weighted by Gasteiger charge is -2.02. The van der Waals surface area contributed by atoms with Gasteiger partial charge in [0.25, 0.3) is 0 Å². The minimum absolute atomic E-state index is 0.0269. The number of nitrogens with zero attached hydrogens (tertiary/aromatic N) is 2. The number of nitro groups is 1. The van der Waals surface area contributed by atoms with Crippen LogP contribution in [0.3, 0.4) is 0 Å². The van der Waals surface area contributed by atoms with Gasteiger partial charge in [0.05, 0.1) is 23.3 Å². The summed E-state index contributed by atoms with van der Waals surface area (Å²) < 4.78 is 4.67. The van der Waals surface area contributed by atoms with E-state index in [-0.39, 0.29) is 17.2 Å². The molecule has 0 radical (unpaired) electrons. The predicted molar refractivity (Wildman–Crippen MR) is 51.9 cm³/mol. The summed E-state index contributed by atoms with van der Waals surface area (Å²) in [4.78, 5) is 24.4. The number of ether oxygens (including phenoxy) is 1. The Balaban J connectivity index is 3.10. The largest absolute Gasteiger partial charge is 0.462 e. The highest BCUT2D eigenvalue weighted by Gasteiger charge is 2.18. The lowest BCUT2D eigenvalue weighted by atomic mass is 10.2. The molecular weight excluding hydrogens is 224 g/mol. The average molecular weight is 231 g/mol. The van der Waals surface area contributed by atoms with Crippen LogP contribution in [-0.2, 0) is 4.74 Å². The monoisotopic (exact) mass is 230 g/mol. The molecule has 0 saturated carbocycles. The number of hydrogen-bond acceptors (Lipinski definition) is 5. The zero-order valence-corrected chi connectivity index (χ0v) is 8.52. The van der Waals surface area contributed by atoms with E-state index in [1.807, 2.05) is 0 Å². The molecular formula is C8H7ClN2O4. The van der Waals surface area contributed by atoms with Gasteiger partial charge in [-0.05, 0) is 16.8 Å². The molecule has 0 aliphatic heterocycles. The maximum atomic E-state index is 11.3. The molecule has 0 aliphatic carbocycles. The van der Waals surface area contributed by atoms with E-state index in [2.05, 4.69) is 9.72 Å². The summed E-state index contributed by atoms with van der Waals surface area (Å²) >= 11 is 5.65. The third-order valence-electron chi connectivity index (χ3n) is 1.52. The smallest absolute Gasteiger partial charge is 0.364 e. The molecule has 6 nitrogen and oxygen atoms in total. The number of hydrogen-bond donors (Lipinski definition) is 0. The lowest BCUT2D eigenvalue weighted by molar-refractivity contribution is -0.389. The fraction of sp³-hybridized carbons (Fsp3) is 0.250. The van der Waals surface area contributed by atoms with Crippen molar-refractivity contribution < 1.29 is 14.5 Å². The van der Waals surface area contributed by atoms with Crippen LogP contribution >= 0.6 is 11.6 Å². The van der Waals surface area contributed by atoms with E-state index in [1.54, 1.807) is 6.92 Å². The second-order valence-corrected chi connectivity index (χ2v) is 2.91. The normalized spacial score (nSPS) is 9.73. The van der Waals surface area contributed by atoms with Gasteiger partial charge in [0.15, 0.2) is 6.20 Å². The van der Waals surface area contributed by atoms with Crippen molar-refractivity contribution >= 4 is 23.4 Å². The van der Waals surface area contributed by atoms with Gasteiger partial charge in [0.1, 0.15) is 0 Å². The predicted octanol–water partition coefficient (Wildman–Crippen LogP) is 1.82. The first-order chi connectivity index (χ1) is 7.06. The molecule has 0 N–H and O–H groups in total. The van der Waals surface area contributed by atoms with Crippen LogP contribution in [0.5, 0.6) is 0 Å². The number of aromatic nitrogens is 1. The van der Waals surface area contributed by atoms with E-state index in [9.17, 15) is 14.9 Å². The SMILES string of the molecule is CCOC(=O)c1cc([N+](=O)[O-])ncc1Cl. The molecule has 0 atom stereocenters. The maximum Gasteiger partial charge on any atom is 0.364 e. The van der Waals surface area contributed by atoms with Crippen LogP contribution in [0.2, 0.25) is 5.02 Å². The minimum atomic E-state index is -0.709. The molecule has 0 amide bonds. The number of esters is 1. The van der Waals surface area contributed by atoms with Gasteiger partial charge >= 0.3 is 11.8 Å². The third-order valence-corrected chi connectivity index (χ3v) is 1.82. The van der Waals surface area contributed by atoms with E-state index in [0.29, 0.717) is 0 Å². The highest BCUT2D eigenvalue weighted by atomic mass is 35.5. The lowest BCUT2D eigenvalue weighted by Crippen LogP contribution is -2.06. The van der Waals surface area contributed by atoms with E-state index in [0.717, 1.165) is 12.3 Å². The quantitative estimate of drug-likeness (QED) is 0.449. The number of halogens is 1. The average Bonchev–Trinajstić information content (AvgIpc) is 2.18. The molecule has 80 valence electrons. The molecule has 0 saturated heterocycles. The van der Waals surface area contributed by atoms with Crippen molar-refractivity contribution in [1.82, 2.24) is 4.98 Å². The van der Waals surface area contributed by atoms with Crippen LogP contribution in [0.25, 0.3) is 0 Å². The fourth-order valence-corrected chi connectivity index (χ4v) is 1.07. The Labute approximate surface area is 90.0 Å². The number of rotatable bonds is 3. The van der Waals surface area contributed by atoms with Crippen molar-refractivity contribution in [2.75, 3.05) is 6.61 Å². The van der Waals surface area contributed by atoms with Crippen molar-refractivity contribution in [3.63, 3.8) is 0 Å². The molecule has 0 spiro atoms. The number of carbonyl (C=O) groups is 1. The maximum absolute atomic E-state index is 11.3. The Morgan fingerprint density at radius 1 is 1.73 bits per heavy atom. The topological polar surface area (TPSA) is 82.3 Å². The van der Waals surface area contributed by atoms with Gasteiger partial charge in [0, 0.05) is 0 Å². The molecule has 15 heavy (non-hydrogen) atoms. The Bertz CT molecular complexity index is 408. The summed E-state index contributed by atoms with van der Waals surface area (Å²) in [6.07, 6.45) is 1.05. The van der Waals surface area contributed by atoms with Gasteiger partial charge in [-0.1, -0.05) is 11.6 Å². The van der Waals surface area contributed by atoms with Crippen molar-refractivity contribution in [1.29, 1.82) is 0 Å². The number of pyridine rings is 1. The van der Waals surface area contributed by atoms with E-state index in [4.69, 9.17) is 11.6 Å². The summed E-state index contributed by atoms with van der Waals surface area (Å²) in [6.45, 7) is 1.80. The van der Waals surface area contributed by atoms with Gasteiger partial charge in [-0.2, -0.15) is 0 Å². The Morgan fingerprint density at radius 2 is 2.40 bits per heavy atom. The summed E-state index contributed by atoms with van der Waals surface area (Å²) in [5.74, 6) is -1.14. The first-order valence-corrected chi connectivity index (χ1v) is 4.41.